The third-order valence-corrected chi connectivity index (χ3v) is 10.5. The fraction of sp³-hybridized carbons (Fsp3) is 0.960. The van der Waals surface area contributed by atoms with Gasteiger partial charge in [-0.15, -0.1) is 0 Å². The lowest BCUT2D eigenvalue weighted by Crippen LogP contribution is -2.67. The lowest BCUT2D eigenvalue weighted by molar-refractivity contribution is -0.206. The summed E-state index contributed by atoms with van der Waals surface area (Å²) in [7, 11) is -0.368. The van der Waals surface area contributed by atoms with Crippen LogP contribution in [0.1, 0.15) is 86.0 Å². The maximum absolute atomic E-state index is 13.9. The molecule has 2 N–H and O–H groups in total. The van der Waals surface area contributed by atoms with Crippen LogP contribution in [0.25, 0.3) is 0 Å². The summed E-state index contributed by atoms with van der Waals surface area (Å²) in [4.78, 5) is 13.9. The molecule has 1 spiro atoms. The molecule has 4 aliphatic carbocycles. The highest BCUT2D eigenvalue weighted by Gasteiger charge is 2.71. The van der Waals surface area contributed by atoms with Gasteiger partial charge in [0.05, 0.1) is 18.3 Å². The Morgan fingerprint density at radius 2 is 1.81 bits per heavy atom. The van der Waals surface area contributed by atoms with Crippen LogP contribution in [0.5, 0.6) is 0 Å². The summed E-state index contributed by atoms with van der Waals surface area (Å²) in [5, 5.41) is 21.3. The lowest BCUT2D eigenvalue weighted by atomic mass is 9.43. The van der Waals surface area contributed by atoms with Gasteiger partial charge in [-0.3, -0.25) is 4.79 Å². The molecule has 1 aliphatic heterocycles. The third-order valence-electron chi connectivity index (χ3n) is 10.5. The van der Waals surface area contributed by atoms with E-state index in [-0.39, 0.29) is 41.9 Å². The standard InChI is InChI=1S/C25H41BO5/c1-22(2,3)26-30-14-20(29)25(31-26)11-9-18-17-7-6-15-12-16(27)8-10-23(15,4)21(17)19(28)13-24(18,25)5/h15-18,20-21,27,29H,6-14H2,1-5H3. The van der Waals surface area contributed by atoms with Crippen LogP contribution in [0.4, 0.5) is 0 Å². The zero-order valence-corrected chi connectivity index (χ0v) is 20.0. The molecule has 31 heavy (non-hydrogen) atoms. The van der Waals surface area contributed by atoms with Gasteiger partial charge in [0.2, 0.25) is 0 Å². The number of rotatable bonds is 0. The number of fused-ring (bicyclic) bond motifs is 6. The fourth-order valence-electron chi connectivity index (χ4n) is 8.85. The lowest BCUT2D eigenvalue weighted by Gasteiger charge is -2.62. The predicted molar refractivity (Wildman–Crippen MR) is 119 cm³/mol. The molecule has 1 heterocycles. The average Bonchev–Trinajstić information content (AvgIpc) is 2.96. The van der Waals surface area contributed by atoms with E-state index >= 15 is 0 Å². The van der Waals surface area contributed by atoms with Gasteiger partial charge in [0.15, 0.2) is 0 Å². The molecule has 0 bridgehead atoms. The Morgan fingerprint density at radius 3 is 2.52 bits per heavy atom. The number of carbonyl (C=O) groups is 1. The Kier molecular flexibility index (Phi) is 5.08. The number of aliphatic hydroxyl groups excluding tert-OH is 2. The Hall–Kier alpha value is -0.425. The number of Topliss-reactive ketones (excluding diaryl/α,β-unsaturated/α-hetero) is 1. The fourth-order valence-corrected chi connectivity index (χ4v) is 8.85. The van der Waals surface area contributed by atoms with Gasteiger partial charge in [0.1, 0.15) is 11.9 Å². The second kappa shape index (κ2) is 7.04. The van der Waals surface area contributed by atoms with Gasteiger partial charge in [0.25, 0.3) is 0 Å². The van der Waals surface area contributed by atoms with Crippen LogP contribution in [0.2, 0.25) is 5.31 Å². The highest BCUT2D eigenvalue weighted by molar-refractivity contribution is 6.48. The summed E-state index contributed by atoms with van der Waals surface area (Å²) in [6, 6.07) is 0. The molecular formula is C25H41BO5. The van der Waals surface area contributed by atoms with E-state index in [2.05, 4.69) is 34.6 Å². The molecule has 0 radical (unpaired) electrons. The summed E-state index contributed by atoms with van der Waals surface area (Å²) < 4.78 is 12.6. The van der Waals surface area contributed by atoms with E-state index in [1.165, 1.54) is 0 Å². The van der Waals surface area contributed by atoms with Crippen molar-refractivity contribution in [3.63, 3.8) is 0 Å². The van der Waals surface area contributed by atoms with Crippen LogP contribution < -0.4 is 0 Å². The van der Waals surface area contributed by atoms with Crippen molar-refractivity contribution >= 4 is 12.9 Å². The molecular weight excluding hydrogens is 391 g/mol. The monoisotopic (exact) mass is 432 g/mol. The van der Waals surface area contributed by atoms with Crippen LogP contribution in [-0.4, -0.2) is 47.5 Å². The first-order valence-corrected chi connectivity index (χ1v) is 12.6. The van der Waals surface area contributed by atoms with Crippen molar-refractivity contribution in [2.75, 3.05) is 6.61 Å². The van der Waals surface area contributed by atoms with Gasteiger partial charge in [-0.05, 0) is 73.4 Å². The predicted octanol–water partition coefficient (Wildman–Crippen LogP) is 4.00. The second-order valence-corrected chi connectivity index (χ2v) is 13.1. The second-order valence-electron chi connectivity index (χ2n) is 13.1. The first kappa shape index (κ1) is 22.4. The van der Waals surface area contributed by atoms with E-state index in [1.54, 1.807) is 0 Å². The van der Waals surface area contributed by atoms with Crippen molar-refractivity contribution in [1.29, 1.82) is 0 Å². The van der Waals surface area contributed by atoms with E-state index in [1.807, 2.05) is 0 Å². The van der Waals surface area contributed by atoms with Crippen molar-refractivity contribution in [3.8, 4) is 0 Å². The molecule has 174 valence electrons. The average molecular weight is 432 g/mol. The van der Waals surface area contributed by atoms with Crippen LogP contribution in [0.3, 0.4) is 0 Å². The minimum Gasteiger partial charge on any atom is -0.408 e. The number of carbonyl (C=O) groups excluding carboxylic acids is 1. The van der Waals surface area contributed by atoms with E-state index in [0.29, 0.717) is 30.0 Å². The molecule has 5 rings (SSSR count). The minimum atomic E-state index is -0.699. The number of ketones is 1. The smallest absolute Gasteiger partial charge is 0.408 e. The van der Waals surface area contributed by atoms with Crippen LogP contribution in [0.15, 0.2) is 0 Å². The summed E-state index contributed by atoms with van der Waals surface area (Å²) in [5.74, 6) is 1.70. The molecule has 1 saturated heterocycles. The van der Waals surface area contributed by atoms with Crippen molar-refractivity contribution in [3.05, 3.63) is 0 Å². The summed E-state index contributed by atoms with van der Waals surface area (Å²) >= 11 is 0. The highest BCUT2D eigenvalue weighted by Crippen LogP contribution is 2.69. The molecule has 5 nitrogen and oxygen atoms in total. The van der Waals surface area contributed by atoms with Crippen molar-refractivity contribution in [2.24, 2.45) is 34.5 Å². The molecule has 5 aliphatic rings. The number of hydrogen-bond acceptors (Lipinski definition) is 5. The van der Waals surface area contributed by atoms with Crippen LogP contribution >= 0.6 is 0 Å². The van der Waals surface area contributed by atoms with Gasteiger partial charge < -0.3 is 19.5 Å². The van der Waals surface area contributed by atoms with Crippen LogP contribution in [0, 0.1) is 34.5 Å². The van der Waals surface area contributed by atoms with Gasteiger partial charge in [-0.25, -0.2) is 0 Å². The Labute approximate surface area is 187 Å². The molecule has 0 aromatic heterocycles. The topological polar surface area (TPSA) is 76.0 Å². The van der Waals surface area contributed by atoms with E-state index in [4.69, 9.17) is 9.31 Å². The maximum Gasteiger partial charge on any atom is 0.463 e. The SMILES string of the molecule is CC(C)(C)B1OCC(O)C2(CCC3C4CCC5CC(O)CCC5(C)C4C(=O)CC32C)O1. The van der Waals surface area contributed by atoms with E-state index in [9.17, 15) is 15.0 Å². The van der Waals surface area contributed by atoms with Gasteiger partial charge in [0, 0.05) is 17.8 Å². The molecule has 0 aromatic carbocycles. The van der Waals surface area contributed by atoms with Crippen molar-refractivity contribution in [1.82, 2.24) is 0 Å². The Morgan fingerprint density at radius 1 is 1.06 bits per heavy atom. The minimum absolute atomic E-state index is 0.0133. The van der Waals surface area contributed by atoms with Gasteiger partial charge in [-0.2, -0.15) is 0 Å². The first-order chi connectivity index (χ1) is 14.4. The largest absolute Gasteiger partial charge is 0.463 e. The summed E-state index contributed by atoms with van der Waals surface area (Å²) in [6.45, 7) is 11.2. The maximum atomic E-state index is 13.9. The Balaban J connectivity index is 1.49. The number of hydrogen-bond donors (Lipinski definition) is 2. The molecule has 5 fully saturated rings. The van der Waals surface area contributed by atoms with E-state index < -0.39 is 11.7 Å². The van der Waals surface area contributed by atoms with Crippen molar-refractivity contribution < 1.29 is 24.3 Å². The number of aliphatic hydroxyl groups is 2. The zero-order valence-electron chi connectivity index (χ0n) is 20.0. The molecule has 0 amide bonds. The van der Waals surface area contributed by atoms with Gasteiger partial charge in [-0.1, -0.05) is 34.6 Å². The van der Waals surface area contributed by atoms with E-state index in [0.717, 1.165) is 44.9 Å². The Bertz CT molecular complexity index is 751. The normalized spacial score (nSPS) is 52.6. The summed E-state index contributed by atoms with van der Waals surface area (Å²) in [5.41, 5.74) is -1.04. The highest BCUT2D eigenvalue weighted by atomic mass is 16.6. The molecule has 9 unspecified atom stereocenters. The summed E-state index contributed by atoms with van der Waals surface area (Å²) in [6.07, 6.45) is 6.23. The quantitative estimate of drug-likeness (QED) is 0.566. The van der Waals surface area contributed by atoms with Crippen molar-refractivity contribution in [2.45, 2.75) is 109 Å². The molecule has 9 atom stereocenters. The molecule has 6 heteroatoms. The van der Waals surface area contributed by atoms with Crippen LogP contribution in [-0.2, 0) is 14.1 Å². The third kappa shape index (κ3) is 3.00. The zero-order chi connectivity index (χ0) is 22.4. The molecule has 0 aromatic rings. The first-order valence-electron chi connectivity index (χ1n) is 12.6. The van der Waals surface area contributed by atoms with Gasteiger partial charge >= 0.3 is 7.12 Å². The molecule has 4 saturated carbocycles.